The Morgan fingerprint density at radius 1 is 1.03 bits per heavy atom. The Morgan fingerprint density at radius 3 is 2.53 bits per heavy atom. The van der Waals surface area contributed by atoms with Crippen molar-refractivity contribution >= 4 is 17.6 Å². The van der Waals surface area contributed by atoms with Crippen molar-refractivity contribution < 1.29 is 18.7 Å². The molecule has 0 bridgehead atoms. The maximum Gasteiger partial charge on any atom is 0.272 e. The minimum atomic E-state index is -0.367. The average molecular weight is 465 g/mol. The van der Waals surface area contributed by atoms with Crippen molar-refractivity contribution in [2.24, 2.45) is 11.8 Å². The highest BCUT2D eigenvalue weighted by atomic mass is 19.1. The van der Waals surface area contributed by atoms with Crippen LogP contribution in [0.25, 0.3) is 5.69 Å². The van der Waals surface area contributed by atoms with Gasteiger partial charge in [-0.05, 0) is 62.1 Å². The van der Waals surface area contributed by atoms with Gasteiger partial charge in [0.1, 0.15) is 23.1 Å². The van der Waals surface area contributed by atoms with Crippen molar-refractivity contribution in [3.05, 3.63) is 60.3 Å². The van der Waals surface area contributed by atoms with Crippen LogP contribution < -0.4 is 15.4 Å². The number of anilines is 1. The molecule has 2 aliphatic rings. The number of halogens is 1. The number of aromatic nitrogens is 4. The number of hydrogen-bond donors (Lipinski definition) is 2. The summed E-state index contributed by atoms with van der Waals surface area (Å²) in [6.45, 7) is 0.412. The van der Waals surface area contributed by atoms with Crippen molar-refractivity contribution in [3.8, 4) is 11.4 Å². The lowest BCUT2D eigenvalue weighted by Gasteiger charge is -2.22. The van der Waals surface area contributed by atoms with Gasteiger partial charge >= 0.3 is 0 Å². The van der Waals surface area contributed by atoms with Gasteiger partial charge in [-0.2, -0.15) is 10.2 Å². The Labute approximate surface area is 195 Å². The van der Waals surface area contributed by atoms with Crippen molar-refractivity contribution in [3.63, 3.8) is 0 Å². The molecular formula is C24H25FN6O3. The van der Waals surface area contributed by atoms with Crippen LogP contribution in [-0.4, -0.2) is 44.4 Å². The standard InChI is InChI=1S/C24H25FN6O3/c25-17-6-8-18(9-7-17)34-14-16-2-1-3-19(16)28-24(33)22-20(31-26-12-13-27-31)10-11-21(29-22)30-23(32)15-4-5-15/h6-13,15-16,19H,1-5,14H2,(H,28,33)(H,29,30,32)/t16-,19+/m1/s1. The first-order valence-electron chi connectivity index (χ1n) is 11.4. The Morgan fingerprint density at radius 2 is 1.79 bits per heavy atom. The molecule has 0 radical (unpaired) electrons. The molecule has 0 unspecified atom stereocenters. The molecule has 10 heteroatoms. The van der Waals surface area contributed by atoms with Crippen LogP contribution in [0.2, 0.25) is 0 Å². The number of benzene rings is 1. The van der Waals surface area contributed by atoms with Crippen molar-refractivity contribution in [2.75, 3.05) is 11.9 Å². The predicted octanol–water partition coefficient (Wildman–Crippen LogP) is 3.13. The SMILES string of the molecule is O=C(N[C@H]1CCC[C@@H]1COc1ccc(F)cc1)c1nc(NC(=O)C2CC2)ccc1-n1nccn1. The third-order valence-corrected chi connectivity index (χ3v) is 6.18. The molecule has 2 atom stereocenters. The molecule has 5 rings (SSSR count). The number of carbonyl (C=O) groups excluding carboxylic acids is 2. The molecule has 2 aliphatic carbocycles. The summed E-state index contributed by atoms with van der Waals surface area (Å²) in [5.41, 5.74) is 0.555. The molecule has 3 aromatic rings. The normalized spacial score (nSPS) is 19.6. The number of nitrogens with zero attached hydrogens (tertiary/aromatic N) is 4. The summed E-state index contributed by atoms with van der Waals surface area (Å²) in [5.74, 6) is 0.270. The quantitative estimate of drug-likeness (QED) is 0.530. The predicted molar refractivity (Wildman–Crippen MR) is 121 cm³/mol. The van der Waals surface area contributed by atoms with Gasteiger partial charge in [0.2, 0.25) is 5.91 Å². The van der Waals surface area contributed by atoms with Gasteiger partial charge in [-0.15, -0.1) is 4.80 Å². The van der Waals surface area contributed by atoms with Crippen LogP contribution in [0.3, 0.4) is 0 Å². The van der Waals surface area contributed by atoms with Gasteiger partial charge < -0.3 is 15.4 Å². The number of ether oxygens (including phenoxy) is 1. The first-order valence-corrected chi connectivity index (χ1v) is 11.4. The number of nitrogens with one attached hydrogen (secondary N) is 2. The number of hydrogen-bond acceptors (Lipinski definition) is 6. The summed E-state index contributed by atoms with van der Waals surface area (Å²) in [7, 11) is 0. The van der Waals surface area contributed by atoms with Gasteiger partial charge in [0.25, 0.3) is 5.91 Å². The second-order valence-electron chi connectivity index (χ2n) is 8.68. The Balaban J connectivity index is 1.30. The van der Waals surface area contributed by atoms with Crippen molar-refractivity contribution in [1.82, 2.24) is 25.3 Å². The van der Waals surface area contributed by atoms with Crippen LogP contribution in [0.4, 0.5) is 10.2 Å². The summed E-state index contributed by atoms with van der Waals surface area (Å²) in [6, 6.07) is 9.11. The maximum atomic E-state index is 13.3. The second-order valence-corrected chi connectivity index (χ2v) is 8.68. The number of carbonyl (C=O) groups is 2. The highest BCUT2D eigenvalue weighted by Gasteiger charge is 2.32. The third-order valence-electron chi connectivity index (χ3n) is 6.18. The average Bonchev–Trinajstić information content (AvgIpc) is 3.37. The van der Waals surface area contributed by atoms with Crippen molar-refractivity contribution in [2.45, 2.75) is 38.1 Å². The van der Waals surface area contributed by atoms with E-state index in [0.29, 0.717) is 23.9 Å². The molecule has 9 nitrogen and oxygen atoms in total. The lowest BCUT2D eigenvalue weighted by Crippen LogP contribution is -2.40. The Bertz CT molecular complexity index is 1160. The summed E-state index contributed by atoms with van der Waals surface area (Å²) in [5, 5.41) is 14.1. The fourth-order valence-corrected chi connectivity index (χ4v) is 4.16. The van der Waals surface area contributed by atoms with Gasteiger partial charge in [0.05, 0.1) is 19.0 Å². The summed E-state index contributed by atoms with van der Waals surface area (Å²) < 4.78 is 19.0. The van der Waals surface area contributed by atoms with Gasteiger partial charge in [0, 0.05) is 17.9 Å². The molecule has 2 heterocycles. The Kier molecular flexibility index (Phi) is 6.20. The van der Waals surface area contributed by atoms with E-state index in [0.717, 1.165) is 32.1 Å². The van der Waals surface area contributed by atoms with E-state index in [1.807, 2.05) is 0 Å². The molecule has 0 saturated heterocycles. The highest BCUT2D eigenvalue weighted by Crippen LogP contribution is 2.30. The lowest BCUT2D eigenvalue weighted by atomic mass is 10.0. The molecule has 176 valence electrons. The molecule has 0 aliphatic heterocycles. The fraction of sp³-hybridized carbons (Fsp3) is 0.375. The van der Waals surface area contributed by atoms with Crippen molar-refractivity contribution in [1.29, 1.82) is 0 Å². The first-order chi connectivity index (χ1) is 16.6. The van der Waals surface area contributed by atoms with Crippen LogP contribution in [0.5, 0.6) is 5.75 Å². The topological polar surface area (TPSA) is 111 Å². The zero-order chi connectivity index (χ0) is 23.5. The molecule has 0 spiro atoms. The number of pyridine rings is 1. The number of rotatable bonds is 8. The van der Waals surface area contributed by atoms with E-state index in [9.17, 15) is 14.0 Å². The summed E-state index contributed by atoms with van der Waals surface area (Å²) >= 11 is 0. The molecule has 2 fully saturated rings. The molecule has 34 heavy (non-hydrogen) atoms. The maximum absolute atomic E-state index is 13.3. The Hall–Kier alpha value is -3.82. The van der Waals surface area contributed by atoms with Crippen LogP contribution in [0.1, 0.15) is 42.6 Å². The zero-order valence-electron chi connectivity index (χ0n) is 18.5. The third kappa shape index (κ3) is 5.05. The molecule has 2 aromatic heterocycles. The molecule has 1 aromatic carbocycles. The molecule has 2 N–H and O–H groups in total. The van der Waals surface area contributed by atoms with E-state index in [1.54, 1.807) is 24.3 Å². The van der Waals surface area contributed by atoms with Gasteiger partial charge in [-0.25, -0.2) is 9.37 Å². The fourth-order valence-electron chi connectivity index (χ4n) is 4.16. The highest BCUT2D eigenvalue weighted by molar-refractivity contribution is 5.98. The van der Waals surface area contributed by atoms with Crippen LogP contribution >= 0.6 is 0 Å². The van der Waals surface area contributed by atoms with E-state index in [4.69, 9.17) is 4.74 Å². The van der Waals surface area contributed by atoms with Crippen LogP contribution in [0, 0.1) is 17.7 Å². The first kappa shape index (κ1) is 22.0. The van der Waals surface area contributed by atoms with Gasteiger partial charge in [-0.1, -0.05) is 6.42 Å². The van der Waals surface area contributed by atoms with E-state index < -0.39 is 0 Å². The van der Waals surface area contributed by atoms with Crippen LogP contribution in [-0.2, 0) is 4.79 Å². The minimum absolute atomic E-state index is 0.0203. The summed E-state index contributed by atoms with van der Waals surface area (Å²) in [4.78, 5) is 31.3. The van der Waals surface area contributed by atoms with Gasteiger partial charge in [-0.3, -0.25) is 9.59 Å². The van der Waals surface area contributed by atoms with E-state index in [2.05, 4.69) is 25.8 Å². The van der Waals surface area contributed by atoms with Crippen LogP contribution in [0.15, 0.2) is 48.8 Å². The molecule has 2 amide bonds. The second kappa shape index (κ2) is 9.58. The monoisotopic (exact) mass is 464 g/mol. The molecular weight excluding hydrogens is 439 g/mol. The van der Waals surface area contributed by atoms with E-state index in [1.165, 1.54) is 29.3 Å². The minimum Gasteiger partial charge on any atom is -0.493 e. The van der Waals surface area contributed by atoms with E-state index in [-0.39, 0.29) is 41.2 Å². The van der Waals surface area contributed by atoms with Gasteiger partial charge in [0.15, 0.2) is 5.69 Å². The lowest BCUT2D eigenvalue weighted by molar-refractivity contribution is -0.117. The number of amides is 2. The van der Waals surface area contributed by atoms with E-state index >= 15 is 0 Å². The summed E-state index contributed by atoms with van der Waals surface area (Å²) in [6.07, 6.45) is 7.46. The largest absolute Gasteiger partial charge is 0.493 e. The molecule has 2 saturated carbocycles. The zero-order valence-corrected chi connectivity index (χ0v) is 18.5. The smallest absolute Gasteiger partial charge is 0.272 e.